The zero-order valence-corrected chi connectivity index (χ0v) is 13.1. The SMILES string of the molecule is Cc1ccc([N+](=O)[O-])cc1-c1nc(Cl)cc(C(C)(C)C)n1. The quantitative estimate of drug-likeness (QED) is 0.471. The first kappa shape index (κ1) is 15.4. The van der Waals surface area contributed by atoms with Crippen LogP contribution in [0.5, 0.6) is 0 Å². The minimum absolute atomic E-state index is 0.0106. The molecule has 0 aliphatic rings. The number of aromatic nitrogens is 2. The summed E-state index contributed by atoms with van der Waals surface area (Å²) in [6.07, 6.45) is 0. The Balaban J connectivity index is 2.64. The van der Waals surface area contributed by atoms with E-state index in [0.29, 0.717) is 16.5 Å². The Kier molecular flexibility index (Phi) is 3.96. The number of nitro groups is 1. The molecule has 0 atom stereocenters. The number of nitro benzene ring substituents is 1. The molecule has 1 aromatic carbocycles. The molecule has 0 fully saturated rings. The molecule has 0 N–H and O–H groups in total. The highest BCUT2D eigenvalue weighted by Gasteiger charge is 2.19. The van der Waals surface area contributed by atoms with Crippen LogP contribution in [-0.4, -0.2) is 14.9 Å². The highest BCUT2D eigenvalue weighted by atomic mass is 35.5. The normalized spacial score (nSPS) is 11.5. The first-order valence-corrected chi connectivity index (χ1v) is 6.87. The van der Waals surface area contributed by atoms with Gasteiger partial charge in [-0.15, -0.1) is 0 Å². The second-order valence-electron chi connectivity index (χ2n) is 5.91. The molecule has 0 saturated carbocycles. The number of hydrogen-bond acceptors (Lipinski definition) is 4. The van der Waals surface area contributed by atoms with Gasteiger partial charge in [-0.05, 0) is 18.6 Å². The Morgan fingerprint density at radius 1 is 1.19 bits per heavy atom. The third-order valence-corrected chi connectivity index (χ3v) is 3.33. The van der Waals surface area contributed by atoms with Gasteiger partial charge in [0.05, 0.1) is 10.6 Å². The lowest BCUT2D eigenvalue weighted by molar-refractivity contribution is -0.384. The van der Waals surface area contributed by atoms with Crippen LogP contribution >= 0.6 is 11.6 Å². The van der Waals surface area contributed by atoms with Gasteiger partial charge in [-0.2, -0.15) is 0 Å². The van der Waals surface area contributed by atoms with Crippen LogP contribution in [0.15, 0.2) is 24.3 Å². The lowest BCUT2D eigenvalue weighted by Crippen LogP contribution is -2.14. The van der Waals surface area contributed by atoms with Crippen molar-refractivity contribution in [2.24, 2.45) is 0 Å². The standard InChI is InChI=1S/C15H16ClN3O2/c1-9-5-6-10(19(20)21)7-11(9)14-17-12(15(2,3)4)8-13(16)18-14/h5-8H,1-4H3. The van der Waals surface area contributed by atoms with Gasteiger partial charge in [0.25, 0.3) is 5.69 Å². The molecule has 5 nitrogen and oxygen atoms in total. The van der Waals surface area contributed by atoms with E-state index in [-0.39, 0.29) is 11.1 Å². The fourth-order valence-electron chi connectivity index (χ4n) is 1.89. The van der Waals surface area contributed by atoms with Crippen LogP contribution in [0, 0.1) is 17.0 Å². The zero-order chi connectivity index (χ0) is 15.8. The zero-order valence-electron chi connectivity index (χ0n) is 12.3. The second-order valence-corrected chi connectivity index (χ2v) is 6.29. The summed E-state index contributed by atoms with van der Waals surface area (Å²) < 4.78 is 0. The highest BCUT2D eigenvalue weighted by Crippen LogP contribution is 2.29. The summed E-state index contributed by atoms with van der Waals surface area (Å²) in [6.45, 7) is 7.93. The molecule has 0 aliphatic carbocycles. The van der Waals surface area contributed by atoms with E-state index >= 15 is 0 Å². The Morgan fingerprint density at radius 3 is 2.43 bits per heavy atom. The Hall–Kier alpha value is -2.01. The fraction of sp³-hybridized carbons (Fsp3) is 0.333. The van der Waals surface area contributed by atoms with Crippen LogP contribution in [0.3, 0.4) is 0 Å². The first-order valence-electron chi connectivity index (χ1n) is 6.49. The van der Waals surface area contributed by atoms with Gasteiger partial charge in [-0.1, -0.05) is 38.4 Å². The molecule has 110 valence electrons. The van der Waals surface area contributed by atoms with Gasteiger partial charge in [0.1, 0.15) is 5.15 Å². The summed E-state index contributed by atoms with van der Waals surface area (Å²) in [5.41, 5.74) is 2.11. The smallest absolute Gasteiger partial charge is 0.258 e. The maximum Gasteiger partial charge on any atom is 0.270 e. The molecule has 21 heavy (non-hydrogen) atoms. The molecule has 1 heterocycles. The van der Waals surface area contributed by atoms with Crippen molar-refractivity contribution in [3.8, 4) is 11.4 Å². The van der Waals surface area contributed by atoms with E-state index in [1.807, 2.05) is 27.7 Å². The number of halogens is 1. The van der Waals surface area contributed by atoms with Gasteiger partial charge in [0.2, 0.25) is 0 Å². The van der Waals surface area contributed by atoms with Crippen molar-refractivity contribution in [2.75, 3.05) is 0 Å². The predicted molar refractivity (Wildman–Crippen MR) is 82.6 cm³/mol. The maximum absolute atomic E-state index is 10.9. The second kappa shape index (κ2) is 5.41. The minimum atomic E-state index is -0.432. The Bertz CT molecular complexity index is 709. The topological polar surface area (TPSA) is 68.9 Å². The van der Waals surface area contributed by atoms with Crippen LogP contribution in [0.2, 0.25) is 5.15 Å². The van der Waals surface area contributed by atoms with Crippen molar-refractivity contribution in [3.63, 3.8) is 0 Å². The lowest BCUT2D eigenvalue weighted by atomic mass is 9.92. The molecule has 0 saturated heterocycles. The van der Waals surface area contributed by atoms with Crippen molar-refractivity contribution < 1.29 is 4.92 Å². The minimum Gasteiger partial charge on any atom is -0.258 e. The number of aryl methyl sites for hydroxylation is 1. The monoisotopic (exact) mass is 305 g/mol. The fourth-order valence-corrected chi connectivity index (χ4v) is 2.07. The van der Waals surface area contributed by atoms with E-state index in [1.165, 1.54) is 12.1 Å². The summed E-state index contributed by atoms with van der Waals surface area (Å²) in [7, 11) is 0. The average Bonchev–Trinajstić information content (AvgIpc) is 2.37. The molecule has 0 unspecified atom stereocenters. The van der Waals surface area contributed by atoms with E-state index in [0.717, 1.165) is 11.3 Å². The Labute approximate surface area is 128 Å². The van der Waals surface area contributed by atoms with E-state index in [1.54, 1.807) is 12.1 Å². The van der Waals surface area contributed by atoms with E-state index in [4.69, 9.17) is 11.6 Å². The van der Waals surface area contributed by atoms with Crippen molar-refractivity contribution >= 4 is 17.3 Å². The number of nitrogens with zero attached hydrogens (tertiary/aromatic N) is 3. The number of hydrogen-bond donors (Lipinski definition) is 0. The molecular weight excluding hydrogens is 290 g/mol. The third-order valence-electron chi connectivity index (χ3n) is 3.14. The van der Waals surface area contributed by atoms with Crippen molar-refractivity contribution in [3.05, 3.63) is 50.8 Å². The van der Waals surface area contributed by atoms with Crippen molar-refractivity contribution in [1.82, 2.24) is 9.97 Å². The maximum atomic E-state index is 10.9. The van der Waals surface area contributed by atoms with Gasteiger partial charge in [-0.25, -0.2) is 9.97 Å². The van der Waals surface area contributed by atoms with Gasteiger partial charge in [0.15, 0.2) is 5.82 Å². The summed E-state index contributed by atoms with van der Waals surface area (Å²) >= 11 is 6.08. The molecule has 0 amide bonds. The van der Waals surface area contributed by atoms with Gasteiger partial charge >= 0.3 is 0 Å². The molecular formula is C15H16ClN3O2. The van der Waals surface area contributed by atoms with Crippen LogP contribution in [0.25, 0.3) is 11.4 Å². The largest absolute Gasteiger partial charge is 0.270 e. The molecule has 0 spiro atoms. The molecule has 0 aliphatic heterocycles. The molecule has 6 heteroatoms. The summed E-state index contributed by atoms with van der Waals surface area (Å²) in [5, 5.41) is 11.3. The number of benzene rings is 1. The predicted octanol–water partition coefficient (Wildman–Crippen LogP) is 4.31. The molecule has 2 aromatic rings. The van der Waals surface area contributed by atoms with E-state index in [9.17, 15) is 10.1 Å². The van der Waals surface area contributed by atoms with Crippen molar-refractivity contribution in [2.45, 2.75) is 33.1 Å². The van der Waals surface area contributed by atoms with Gasteiger partial charge in [0, 0.05) is 23.1 Å². The third kappa shape index (κ3) is 3.36. The van der Waals surface area contributed by atoms with E-state index < -0.39 is 4.92 Å². The first-order chi connectivity index (χ1) is 9.68. The molecule has 1 aromatic heterocycles. The summed E-state index contributed by atoms with van der Waals surface area (Å²) in [5.74, 6) is 0.411. The van der Waals surface area contributed by atoms with Crippen LogP contribution in [0.1, 0.15) is 32.0 Å². The van der Waals surface area contributed by atoms with Crippen LogP contribution in [-0.2, 0) is 5.41 Å². The highest BCUT2D eigenvalue weighted by molar-refractivity contribution is 6.29. The average molecular weight is 306 g/mol. The van der Waals surface area contributed by atoms with E-state index in [2.05, 4.69) is 9.97 Å². The number of rotatable bonds is 2. The molecule has 0 radical (unpaired) electrons. The van der Waals surface area contributed by atoms with Crippen LogP contribution < -0.4 is 0 Å². The summed E-state index contributed by atoms with van der Waals surface area (Å²) in [4.78, 5) is 19.2. The number of non-ortho nitro benzene ring substituents is 1. The summed E-state index contributed by atoms with van der Waals surface area (Å²) in [6, 6.07) is 6.35. The molecule has 0 bridgehead atoms. The van der Waals surface area contributed by atoms with Gasteiger partial charge in [-0.3, -0.25) is 10.1 Å². The van der Waals surface area contributed by atoms with Crippen LogP contribution in [0.4, 0.5) is 5.69 Å². The Morgan fingerprint density at radius 2 is 1.86 bits per heavy atom. The lowest BCUT2D eigenvalue weighted by Gasteiger charge is -2.18. The van der Waals surface area contributed by atoms with Gasteiger partial charge < -0.3 is 0 Å². The van der Waals surface area contributed by atoms with Crippen molar-refractivity contribution in [1.29, 1.82) is 0 Å². The molecule has 2 rings (SSSR count).